The molecular weight excluding hydrogens is 478 g/mol. The lowest BCUT2D eigenvalue weighted by Crippen LogP contribution is -2.20. The molecule has 0 aliphatic heterocycles. The van der Waals surface area contributed by atoms with Gasteiger partial charge in [-0.25, -0.2) is 13.6 Å². The van der Waals surface area contributed by atoms with Gasteiger partial charge >= 0.3 is 0 Å². The Kier molecular flexibility index (Phi) is 6.97. The molecule has 1 aromatic heterocycles. The maximum Gasteiger partial charge on any atom is 0.280 e. The summed E-state index contributed by atoms with van der Waals surface area (Å²) in [5, 5.41) is 27.4. The second-order valence-corrected chi connectivity index (χ2v) is 9.15. The molecule has 15 heteroatoms. The topological polar surface area (TPSA) is 190 Å². The van der Waals surface area contributed by atoms with Gasteiger partial charge in [0.1, 0.15) is 0 Å². The van der Waals surface area contributed by atoms with Crippen molar-refractivity contribution in [3.8, 4) is 0 Å². The number of benzene rings is 2. The number of rotatable bonds is 8. The smallest absolute Gasteiger partial charge is 0.280 e. The van der Waals surface area contributed by atoms with Crippen LogP contribution < -0.4 is 9.94 Å². The van der Waals surface area contributed by atoms with Crippen LogP contribution in [0.15, 0.2) is 46.3 Å². The van der Waals surface area contributed by atoms with E-state index in [1.54, 1.807) is 11.5 Å². The number of sulfonamides is 1. The van der Waals surface area contributed by atoms with Crippen molar-refractivity contribution in [1.29, 1.82) is 0 Å². The first kappa shape index (κ1) is 24.1. The van der Waals surface area contributed by atoms with E-state index in [0.29, 0.717) is 16.8 Å². The van der Waals surface area contributed by atoms with E-state index in [1.165, 1.54) is 18.2 Å². The van der Waals surface area contributed by atoms with E-state index in [4.69, 9.17) is 9.88 Å². The van der Waals surface area contributed by atoms with Gasteiger partial charge in [0.15, 0.2) is 4.80 Å². The summed E-state index contributed by atoms with van der Waals surface area (Å²) in [7, 11) is -3.96. The number of nitro benzene ring substituents is 2. The molecule has 0 saturated heterocycles. The molecule has 33 heavy (non-hydrogen) atoms. The monoisotopic (exact) mass is 495 g/mol. The molecule has 0 atom stereocenters. The van der Waals surface area contributed by atoms with Crippen molar-refractivity contribution in [3.63, 3.8) is 0 Å². The number of thiazole rings is 1. The number of nitrogens with zero attached hydrogens (tertiary/aromatic N) is 4. The third kappa shape index (κ3) is 5.46. The van der Waals surface area contributed by atoms with Crippen LogP contribution in [0.3, 0.4) is 0 Å². The first-order chi connectivity index (χ1) is 15.5. The standard InChI is InChI=1S/C18H17N5O8S2/c1-2-31-6-5-21-15-4-3-14(33(19,29)30)10-16(15)32-18(21)20-17(24)11-7-12(22(25)26)9-13(8-11)23(27)28/h3-4,7-10H,2,5-6H2,1H3,(H2,19,29,30). The molecule has 0 radical (unpaired) electrons. The van der Waals surface area contributed by atoms with Crippen LogP contribution in [-0.2, 0) is 21.3 Å². The van der Waals surface area contributed by atoms with Gasteiger partial charge in [-0.2, -0.15) is 4.99 Å². The van der Waals surface area contributed by atoms with Crippen LogP contribution in [0.5, 0.6) is 0 Å². The molecule has 0 saturated carbocycles. The van der Waals surface area contributed by atoms with Crippen molar-refractivity contribution in [2.75, 3.05) is 13.2 Å². The Morgan fingerprint density at radius 1 is 1.15 bits per heavy atom. The summed E-state index contributed by atoms with van der Waals surface area (Å²) in [6.45, 7) is 2.78. The number of aromatic nitrogens is 1. The van der Waals surface area contributed by atoms with Gasteiger partial charge in [-0.15, -0.1) is 0 Å². The minimum Gasteiger partial charge on any atom is -0.380 e. The summed E-state index contributed by atoms with van der Waals surface area (Å²) in [4.78, 5) is 37.3. The van der Waals surface area contributed by atoms with Crippen LogP contribution in [0, 0.1) is 20.2 Å². The summed E-state index contributed by atoms with van der Waals surface area (Å²) in [5.41, 5.74) is -1.03. The van der Waals surface area contributed by atoms with Crippen LogP contribution >= 0.6 is 11.3 Å². The summed E-state index contributed by atoms with van der Waals surface area (Å²) in [6, 6.07) is 6.71. The highest BCUT2D eigenvalue weighted by molar-refractivity contribution is 7.89. The zero-order valence-corrected chi connectivity index (χ0v) is 18.7. The summed E-state index contributed by atoms with van der Waals surface area (Å²) < 4.78 is 30.8. The molecule has 174 valence electrons. The van der Waals surface area contributed by atoms with E-state index >= 15 is 0 Å². The predicted molar refractivity (Wildman–Crippen MR) is 117 cm³/mol. The maximum absolute atomic E-state index is 12.8. The lowest BCUT2D eigenvalue weighted by Gasteiger charge is -2.06. The van der Waals surface area contributed by atoms with E-state index in [9.17, 15) is 33.4 Å². The molecule has 1 amide bonds. The van der Waals surface area contributed by atoms with Gasteiger partial charge in [-0.05, 0) is 25.1 Å². The lowest BCUT2D eigenvalue weighted by molar-refractivity contribution is -0.394. The largest absolute Gasteiger partial charge is 0.380 e. The van der Waals surface area contributed by atoms with Crippen molar-refractivity contribution in [1.82, 2.24) is 4.57 Å². The Morgan fingerprint density at radius 2 is 1.79 bits per heavy atom. The Morgan fingerprint density at radius 3 is 2.33 bits per heavy atom. The molecule has 0 bridgehead atoms. The summed E-state index contributed by atoms with van der Waals surface area (Å²) >= 11 is 0.988. The Bertz CT molecular complexity index is 1410. The number of ether oxygens (including phenoxy) is 1. The molecule has 0 aliphatic rings. The number of carbonyl (C=O) groups excluding carboxylic acids is 1. The number of carbonyl (C=O) groups is 1. The van der Waals surface area contributed by atoms with Gasteiger partial charge in [0.2, 0.25) is 10.0 Å². The van der Waals surface area contributed by atoms with Crippen LogP contribution in [-0.4, -0.2) is 42.0 Å². The SMILES string of the molecule is CCOCCn1c(=NC(=O)c2cc([N+](=O)[O-])cc([N+](=O)[O-])c2)sc2cc(S(N)(=O)=O)ccc21. The van der Waals surface area contributed by atoms with E-state index < -0.39 is 37.2 Å². The summed E-state index contributed by atoms with van der Waals surface area (Å²) in [6.07, 6.45) is 0. The first-order valence-corrected chi connectivity index (χ1v) is 11.6. The third-order valence-corrected chi connectivity index (χ3v) is 6.37. The lowest BCUT2D eigenvalue weighted by atomic mass is 10.1. The van der Waals surface area contributed by atoms with Crippen molar-refractivity contribution < 1.29 is 27.8 Å². The number of hydrogen-bond donors (Lipinski definition) is 1. The molecule has 2 aromatic carbocycles. The minimum absolute atomic E-state index is 0.125. The molecule has 0 unspecified atom stereocenters. The van der Waals surface area contributed by atoms with Crippen LogP contribution in [0.25, 0.3) is 10.2 Å². The normalized spacial score (nSPS) is 12.2. The molecule has 0 fully saturated rings. The molecule has 13 nitrogen and oxygen atoms in total. The average molecular weight is 495 g/mol. The first-order valence-electron chi connectivity index (χ1n) is 9.28. The van der Waals surface area contributed by atoms with Crippen LogP contribution in [0.2, 0.25) is 0 Å². The molecule has 1 heterocycles. The number of nitro groups is 2. The highest BCUT2D eigenvalue weighted by Crippen LogP contribution is 2.24. The number of non-ortho nitro benzene ring substituents is 2. The maximum atomic E-state index is 12.8. The Hall–Kier alpha value is -3.53. The number of hydrogen-bond acceptors (Lipinski definition) is 9. The second-order valence-electron chi connectivity index (χ2n) is 6.58. The average Bonchev–Trinajstić information content (AvgIpc) is 3.09. The van der Waals surface area contributed by atoms with E-state index in [-0.39, 0.29) is 28.4 Å². The summed E-state index contributed by atoms with van der Waals surface area (Å²) in [5.74, 6) is -0.940. The van der Waals surface area contributed by atoms with Crippen molar-refractivity contribution in [2.45, 2.75) is 18.4 Å². The van der Waals surface area contributed by atoms with Crippen LogP contribution in [0.4, 0.5) is 11.4 Å². The Balaban J connectivity index is 2.17. The fourth-order valence-electron chi connectivity index (χ4n) is 2.91. The minimum atomic E-state index is -3.96. The fraction of sp³-hybridized carbons (Fsp3) is 0.222. The molecule has 0 aliphatic carbocycles. The van der Waals surface area contributed by atoms with Crippen LogP contribution in [0.1, 0.15) is 17.3 Å². The highest BCUT2D eigenvalue weighted by atomic mass is 32.2. The molecular formula is C18H17N5O8S2. The quantitative estimate of drug-likeness (QED) is 0.278. The third-order valence-electron chi connectivity index (χ3n) is 4.41. The Labute approximate surface area is 190 Å². The van der Waals surface area contributed by atoms with Gasteiger partial charge in [0.25, 0.3) is 17.3 Å². The second kappa shape index (κ2) is 9.53. The number of nitrogens with two attached hydrogens (primary N) is 1. The predicted octanol–water partition coefficient (Wildman–Crippen LogP) is 1.94. The molecule has 3 rings (SSSR count). The van der Waals surface area contributed by atoms with Gasteiger partial charge in [0, 0.05) is 25.3 Å². The molecule has 3 aromatic rings. The zero-order chi connectivity index (χ0) is 24.3. The van der Waals surface area contributed by atoms with Crippen molar-refractivity contribution in [3.05, 3.63) is 67.0 Å². The van der Waals surface area contributed by atoms with E-state index in [0.717, 1.165) is 29.5 Å². The van der Waals surface area contributed by atoms with E-state index in [2.05, 4.69) is 4.99 Å². The van der Waals surface area contributed by atoms with Crippen molar-refractivity contribution >= 4 is 48.9 Å². The number of amides is 1. The fourth-order valence-corrected chi connectivity index (χ4v) is 4.62. The van der Waals surface area contributed by atoms with Crippen molar-refractivity contribution in [2.24, 2.45) is 10.1 Å². The van der Waals surface area contributed by atoms with Gasteiger partial charge in [-0.1, -0.05) is 11.3 Å². The number of primary sulfonamides is 1. The number of fused-ring (bicyclic) bond motifs is 1. The molecule has 2 N–H and O–H groups in total. The van der Waals surface area contributed by atoms with E-state index in [1.807, 2.05) is 0 Å². The zero-order valence-electron chi connectivity index (χ0n) is 17.0. The van der Waals surface area contributed by atoms with Gasteiger partial charge in [-0.3, -0.25) is 25.0 Å². The molecule has 0 spiro atoms. The van der Waals surface area contributed by atoms with Gasteiger partial charge < -0.3 is 9.30 Å². The van der Waals surface area contributed by atoms with Gasteiger partial charge in [0.05, 0.1) is 43.2 Å². The highest BCUT2D eigenvalue weighted by Gasteiger charge is 2.20.